The van der Waals surface area contributed by atoms with E-state index >= 15 is 0 Å². The molecule has 0 saturated carbocycles. The molecule has 0 unspecified atom stereocenters. The second-order valence-corrected chi connectivity index (χ2v) is 4.46. The number of hydrogen-bond donors (Lipinski definition) is 0. The highest BCUT2D eigenvalue weighted by molar-refractivity contribution is 9.11. The van der Waals surface area contributed by atoms with E-state index in [1.807, 2.05) is 0 Å². The standard InChI is InChI=1S/C10H6Br2FN3/c11-9-5-7(13)6-10(12)8(9)3-1-2-4-15-16-14/h5-6H,2,4H2. The van der Waals surface area contributed by atoms with E-state index in [1.54, 1.807) is 0 Å². The lowest BCUT2D eigenvalue weighted by Crippen LogP contribution is -1.84. The van der Waals surface area contributed by atoms with Crippen LogP contribution in [0.3, 0.4) is 0 Å². The van der Waals surface area contributed by atoms with Crippen LogP contribution in [0.15, 0.2) is 26.2 Å². The summed E-state index contributed by atoms with van der Waals surface area (Å²) in [5, 5.41) is 3.36. The van der Waals surface area contributed by atoms with Crippen LogP contribution in [0.4, 0.5) is 4.39 Å². The lowest BCUT2D eigenvalue weighted by Gasteiger charge is -1.99. The molecule has 0 aromatic heterocycles. The van der Waals surface area contributed by atoms with Gasteiger partial charge in [-0.15, -0.1) is 0 Å². The van der Waals surface area contributed by atoms with E-state index in [9.17, 15) is 4.39 Å². The minimum Gasteiger partial charge on any atom is -0.207 e. The fraction of sp³-hybridized carbons (Fsp3) is 0.200. The molecule has 1 aromatic carbocycles. The highest BCUT2D eigenvalue weighted by Crippen LogP contribution is 2.25. The first-order valence-corrected chi connectivity index (χ1v) is 5.88. The molecular formula is C10H6Br2FN3. The SMILES string of the molecule is [N-]=[N+]=NCCC#Cc1c(Br)cc(F)cc1Br. The van der Waals surface area contributed by atoms with Gasteiger partial charge in [0.2, 0.25) is 0 Å². The zero-order valence-corrected chi connectivity index (χ0v) is 11.2. The van der Waals surface area contributed by atoms with Crippen molar-refractivity contribution in [2.24, 2.45) is 5.11 Å². The first-order valence-electron chi connectivity index (χ1n) is 4.29. The molecule has 16 heavy (non-hydrogen) atoms. The molecule has 0 saturated heterocycles. The molecule has 0 atom stereocenters. The third-order valence-electron chi connectivity index (χ3n) is 1.62. The fourth-order valence-corrected chi connectivity index (χ4v) is 2.29. The van der Waals surface area contributed by atoms with Gasteiger partial charge in [0.15, 0.2) is 0 Å². The molecule has 0 aliphatic rings. The maximum absolute atomic E-state index is 12.9. The Balaban J connectivity index is 2.84. The topological polar surface area (TPSA) is 48.8 Å². The summed E-state index contributed by atoms with van der Waals surface area (Å²) >= 11 is 6.45. The maximum atomic E-state index is 12.9. The second-order valence-electron chi connectivity index (χ2n) is 2.75. The van der Waals surface area contributed by atoms with Gasteiger partial charge in [-0.25, -0.2) is 4.39 Å². The Kier molecular flexibility index (Phi) is 5.33. The number of nitrogens with zero attached hydrogens (tertiary/aromatic N) is 3. The highest BCUT2D eigenvalue weighted by Gasteiger charge is 2.04. The van der Waals surface area contributed by atoms with Crippen LogP contribution in [0.1, 0.15) is 12.0 Å². The van der Waals surface area contributed by atoms with Crippen LogP contribution in [0.5, 0.6) is 0 Å². The average molecular weight is 347 g/mol. The van der Waals surface area contributed by atoms with Crippen LogP contribution in [0.2, 0.25) is 0 Å². The summed E-state index contributed by atoms with van der Waals surface area (Å²) in [4.78, 5) is 2.62. The molecule has 0 bridgehead atoms. The lowest BCUT2D eigenvalue weighted by molar-refractivity contribution is 0.626. The zero-order chi connectivity index (χ0) is 12.0. The van der Waals surface area contributed by atoms with E-state index in [2.05, 4.69) is 53.7 Å². The van der Waals surface area contributed by atoms with Crippen molar-refractivity contribution in [3.63, 3.8) is 0 Å². The summed E-state index contributed by atoms with van der Waals surface area (Å²) in [6, 6.07) is 2.70. The predicted octanol–water partition coefficient (Wildman–Crippen LogP) is 4.40. The van der Waals surface area contributed by atoms with E-state index in [-0.39, 0.29) is 5.82 Å². The van der Waals surface area contributed by atoms with Crippen LogP contribution in [-0.4, -0.2) is 6.54 Å². The maximum Gasteiger partial charge on any atom is 0.125 e. The lowest BCUT2D eigenvalue weighted by atomic mass is 10.2. The Bertz CT molecular complexity index is 476. The third kappa shape index (κ3) is 3.86. The summed E-state index contributed by atoms with van der Waals surface area (Å²) < 4.78 is 14.1. The number of azide groups is 1. The van der Waals surface area contributed by atoms with E-state index in [4.69, 9.17) is 5.53 Å². The van der Waals surface area contributed by atoms with Gasteiger partial charge >= 0.3 is 0 Å². The monoisotopic (exact) mass is 345 g/mol. The Morgan fingerprint density at radius 3 is 2.56 bits per heavy atom. The summed E-state index contributed by atoms with van der Waals surface area (Å²) in [6.07, 6.45) is 0.473. The van der Waals surface area contributed by atoms with E-state index in [1.165, 1.54) is 12.1 Å². The van der Waals surface area contributed by atoms with Crippen molar-refractivity contribution in [1.82, 2.24) is 0 Å². The second kappa shape index (κ2) is 6.54. The highest BCUT2D eigenvalue weighted by atomic mass is 79.9. The summed E-state index contributed by atoms with van der Waals surface area (Å²) in [6.45, 7) is 0.333. The molecule has 0 radical (unpaired) electrons. The third-order valence-corrected chi connectivity index (χ3v) is 2.87. The number of hydrogen-bond acceptors (Lipinski definition) is 1. The van der Waals surface area contributed by atoms with Crippen LogP contribution >= 0.6 is 31.9 Å². The van der Waals surface area contributed by atoms with Gasteiger partial charge in [-0.2, -0.15) is 0 Å². The summed E-state index contributed by atoms with van der Waals surface area (Å²) in [7, 11) is 0. The smallest absolute Gasteiger partial charge is 0.125 e. The summed E-state index contributed by atoms with van der Waals surface area (Å²) in [5.74, 6) is 5.38. The predicted molar refractivity (Wildman–Crippen MR) is 67.3 cm³/mol. The largest absolute Gasteiger partial charge is 0.207 e. The van der Waals surface area contributed by atoms with E-state index < -0.39 is 0 Å². The molecule has 0 aliphatic carbocycles. The van der Waals surface area contributed by atoms with Crippen molar-refractivity contribution in [2.45, 2.75) is 6.42 Å². The van der Waals surface area contributed by atoms with E-state index in [0.29, 0.717) is 27.5 Å². The molecule has 1 rings (SSSR count). The number of rotatable bonds is 2. The summed E-state index contributed by atoms with van der Waals surface area (Å²) in [5.41, 5.74) is 8.74. The van der Waals surface area contributed by atoms with Crippen LogP contribution < -0.4 is 0 Å². The van der Waals surface area contributed by atoms with Gasteiger partial charge in [-0.1, -0.05) is 17.0 Å². The van der Waals surface area contributed by atoms with Crippen molar-refractivity contribution in [2.75, 3.05) is 6.54 Å². The normalized spacial score (nSPS) is 8.94. The van der Waals surface area contributed by atoms with Gasteiger partial charge in [0.05, 0.1) is 5.56 Å². The average Bonchev–Trinajstić information content (AvgIpc) is 2.20. The van der Waals surface area contributed by atoms with Crippen molar-refractivity contribution in [3.05, 3.63) is 42.9 Å². The van der Waals surface area contributed by atoms with Crippen molar-refractivity contribution < 1.29 is 4.39 Å². The minimum absolute atomic E-state index is 0.333. The fourth-order valence-electron chi connectivity index (χ4n) is 0.963. The number of halogens is 3. The van der Waals surface area contributed by atoms with Gasteiger partial charge in [-0.3, -0.25) is 0 Å². The Hall–Kier alpha value is -1.02. The molecule has 0 heterocycles. The zero-order valence-electron chi connectivity index (χ0n) is 8.04. The van der Waals surface area contributed by atoms with Gasteiger partial charge in [0, 0.05) is 26.8 Å². The molecule has 6 heteroatoms. The first-order chi connectivity index (χ1) is 7.65. The molecule has 0 amide bonds. The molecular weight excluding hydrogens is 341 g/mol. The Labute approximate surface area is 109 Å². The molecule has 3 nitrogen and oxygen atoms in total. The van der Waals surface area contributed by atoms with Crippen molar-refractivity contribution in [1.29, 1.82) is 0 Å². The molecule has 0 aliphatic heterocycles. The quantitative estimate of drug-likeness (QED) is 0.250. The Morgan fingerprint density at radius 1 is 1.38 bits per heavy atom. The molecule has 0 N–H and O–H groups in total. The Morgan fingerprint density at radius 2 is 2.00 bits per heavy atom. The minimum atomic E-state index is -0.335. The molecule has 0 fully saturated rings. The van der Waals surface area contributed by atoms with Crippen LogP contribution in [-0.2, 0) is 0 Å². The number of benzene rings is 1. The van der Waals surface area contributed by atoms with Crippen LogP contribution in [0, 0.1) is 17.7 Å². The van der Waals surface area contributed by atoms with Gasteiger partial charge in [0.25, 0.3) is 0 Å². The first kappa shape index (κ1) is 13.0. The van der Waals surface area contributed by atoms with Gasteiger partial charge < -0.3 is 0 Å². The van der Waals surface area contributed by atoms with Crippen LogP contribution in [0.25, 0.3) is 10.4 Å². The van der Waals surface area contributed by atoms with Crippen molar-refractivity contribution in [3.8, 4) is 11.8 Å². The van der Waals surface area contributed by atoms with Crippen molar-refractivity contribution >= 4 is 31.9 Å². The molecule has 0 spiro atoms. The molecule has 82 valence electrons. The van der Waals surface area contributed by atoms with Gasteiger partial charge in [0.1, 0.15) is 5.82 Å². The molecule has 1 aromatic rings. The van der Waals surface area contributed by atoms with E-state index in [0.717, 1.165) is 0 Å². The van der Waals surface area contributed by atoms with Gasteiger partial charge in [-0.05, 0) is 49.5 Å².